The van der Waals surface area contributed by atoms with Crippen molar-refractivity contribution in [3.8, 4) is 5.75 Å². The number of hydrogen-bond acceptors (Lipinski definition) is 4. The highest BCUT2D eigenvalue weighted by atomic mass is 79.9. The van der Waals surface area contributed by atoms with Gasteiger partial charge >= 0.3 is 5.97 Å². The van der Waals surface area contributed by atoms with Gasteiger partial charge in [-0.25, -0.2) is 0 Å². The maximum Gasteiger partial charge on any atom is 0.309 e. The Balaban J connectivity index is 2.04. The Labute approximate surface area is 128 Å². The fourth-order valence-electron chi connectivity index (χ4n) is 2.60. The molecule has 1 aliphatic rings. The summed E-state index contributed by atoms with van der Waals surface area (Å²) in [4.78, 5) is 14.0. The molecule has 1 heterocycles. The number of hydrogen-bond donors (Lipinski definition) is 0. The molecule has 1 aliphatic heterocycles. The third-order valence-corrected chi connectivity index (χ3v) is 4.46. The number of rotatable bonds is 4. The number of nitrogens with zero attached hydrogens (tertiary/aromatic N) is 1. The van der Waals surface area contributed by atoms with E-state index in [4.69, 9.17) is 9.47 Å². The van der Waals surface area contributed by atoms with Gasteiger partial charge in [0.25, 0.3) is 0 Å². The number of carbonyl (C=O) groups is 1. The Morgan fingerprint density at radius 1 is 1.45 bits per heavy atom. The van der Waals surface area contributed by atoms with E-state index >= 15 is 0 Å². The zero-order valence-corrected chi connectivity index (χ0v) is 13.5. The van der Waals surface area contributed by atoms with Crippen LogP contribution in [0.4, 0.5) is 0 Å². The van der Waals surface area contributed by atoms with Gasteiger partial charge in [-0.15, -0.1) is 0 Å². The van der Waals surface area contributed by atoms with Crippen LogP contribution in [0, 0.1) is 5.92 Å². The van der Waals surface area contributed by atoms with Crippen LogP contribution in [-0.4, -0.2) is 38.2 Å². The van der Waals surface area contributed by atoms with Gasteiger partial charge in [-0.2, -0.15) is 0 Å². The van der Waals surface area contributed by atoms with Crippen LogP contribution in [0.5, 0.6) is 5.75 Å². The number of methoxy groups -OCH3 is 2. The summed E-state index contributed by atoms with van der Waals surface area (Å²) in [6.45, 7) is 2.58. The van der Waals surface area contributed by atoms with Crippen LogP contribution < -0.4 is 4.74 Å². The molecule has 1 aromatic carbocycles. The molecule has 0 bridgehead atoms. The van der Waals surface area contributed by atoms with Crippen molar-refractivity contribution in [3.63, 3.8) is 0 Å². The molecule has 1 atom stereocenters. The maximum absolute atomic E-state index is 11.7. The number of likely N-dealkylation sites (tertiary alicyclic amines) is 1. The predicted molar refractivity (Wildman–Crippen MR) is 80.7 cm³/mol. The van der Waals surface area contributed by atoms with Gasteiger partial charge in [0.05, 0.1) is 20.1 Å². The molecule has 0 unspecified atom stereocenters. The van der Waals surface area contributed by atoms with Crippen molar-refractivity contribution in [2.45, 2.75) is 19.4 Å². The summed E-state index contributed by atoms with van der Waals surface area (Å²) in [6, 6.07) is 5.96. The van der Waals surface area contributed by atoms with Crippen molar-refractivity contribution < 1.29 is 14.3 Å². The summed E-state index contributed by atoms with van der Waals surface area (Å²) in [5.74, 6) is 0.752. The van der Waals surface area contributed by atoms with Crippen LogP contribution in [0.25, 0.3) is 0 Å². The fraction of sp³-hybridized carbons (Fsp3) is 0.533. The molecule has 1 saturated heterocycles. The van der Waals surface area contributed by atoms with E-state index in [2.05, 4.69) is 20.8 Å². The normalized spacial score (nSPS) is 19.6. The SMILES string of the molecule is COC(=O)[C@H]1CCCN(Cc2cc(OC)ccc2Br)C1. The largest absolute Gasteiger partial charge is 0.497 e. The quantitative estimate of drug-likeness (QED) is 0.789. The molecule has 0 amide bonds. The lowest BCUT2D eigenvalue weighted by atomic mass is 9.98. The second-order valence-electron chi connectivity index (χ2n) is 5.05. The van der Waals surface area contributed by atoms with Gasteiger partial charge in [-0.3, -0.25) is 9.69 Å². The van der Waals surface area contributed by atoms with E-state index in [0.29, 0.717) is 0 Å². The lowest BCUT2D eigenvalue weighted by Crippen LogP contribution is -2.38. The summed E-state index contributed by atoms with van der Waals surface area (Å²) in [5.41, 5.74) is 1.18. The van der Waals surface area contributed by atoms with E-state index in [1.807, 2.05) is 18.2 Å². The first kappa shape index (κ1) is 15.3. The predicted octanol–water partition coefficient (Wildman–Crippen LogP) is 2.84. The van der Waals surface area contributed by atoms with Gasteiger partial charge in [0.1, 0.15) is 5.75 Å². The van der Waals surface area contributed by atoms with E-state index in [0.717, 1.165) is 42.7 Å². The zero-order valence-electron chi connectivity index (χ0n) is 11.9. The summed E-state index contributed by atoms with van der Waals surface area (Å²) >= 11 is 3.57. The molecule has 0 aliphatic carbocycles. The van der Waals surface area contributed by atoms with E-state index < -0.39 is 0 Å². The van der Waals surface area contributed by atoms with Crippen molar-refractivity contribution in [2.75, 3.05) is 27.3 Å². The first-order valence-electron chi connectivity index (χ1n) is 6.76. The van der Waals surface area contributed by atoms with Gasteiger partial charge in [-0.1, -0.05) is 15.9 Å². The topological polar surface area (TPSA) is 38.8 Å². The van der Waals surface area contributed by atoms with E-state index in [1.54, 1.807) is 7.11 Å². The molecule has 1 fully saturated rings. The molecule has 110 valence electrons. The summed E-state index contributed by atoms with van der Waals surface area (Å²) in [7, 11) is 3.13. The Bertz CT molecular complexity index is 478. The van der Waals surface area contributed by atoms with Crippen LogP contribution in [0.3, 0.4) is 0 Å². The van der Waals surface area contributed by atoms with E-state index in [1.165, 1.54) is 12.7 Å². The van der Waals surface area contributed by atoms with Crippen molar-refractivity contribution in [2.24, 2.45) is 5.92 Å². The highest BCUT2D eigenvalue weighted by Crippen LogP contribution is 2.26. The molecule has 0 aromatic heterocycles. The molecule has 0 radical (unpaired) electrons. The van der Waals surface area contributed by atoms with Crippen LogP contribution in [-0.2, 0) is 16.1 Å². The van der Waals surface area contributed by atoms with Gasteiger partial charge in [-0.05, 0) is 43.1 Å². The van der Waals surface area contributed by atoms with Crippen LogP contribution in [0.15, 0.2) is 22.7 Å². The maximum atomic E-state index is 11.7. The van der Waals surface area contributed by atoms with Crippen LogP contribution >= 0.6 is 15.9 Å². The van der Waals surface area contributed by atoms with E-state index in [9.17, 15) is 4.79 Å². The minimum atomic E-state index is -0.0978. The van der Waals surface area contributed by atoms with Crippen molar-refractivity contribution in [3.05, 3.63) is 28.2 Å². The van der Waals surface area contributed by atoms with E-state index in [-0.39, 0.29) is 11.9 Å². The molecule has 2 rings (SSSR count). The third-order valence-electron chi connectivity index (χ3n) is 3.69. The van der Waals surface area contributed by atoms with Gasteiger partial charge in [0, 0.05) is 17.6 Å². The minimum Gasteiger partial charge on any atom is -0.497 e. The minimum absolute atomic E-state index is 0.00173. The lowest BCUT2D eigenvalue weighted by Gasteiger charge is -2.31. The first-order valence-corrected chi connectivity index (χ1v) is 7.56. The lowest BCUT2D eigenvalue weighted by molar-refractivity contribution is -0.147. The monoisotopic (exact) mass is 341 g/mol. The Morgan fingerprint density at radius 2 is 2.25 bits per heavy atom. The Hall–Kier alpha value is -1.07. The van der Waals surface area contributed by atoms with Crippen molar-refractivity contribution >= 4 is 21.9 Å². The number of carbonyl (C=O) groups excluding carboxylic acids is 1. The first-order chi connectivity index (χ1) is 9.63. The number of benzene rings is 1. The molecule has 0 saturated carbocycles. The Morgan fingerprint density at radius 3 is 2.95 bits per heavy atom. The molecule has 1 aromatic rings. The van der Waals surface area contributed by atoms with Crippen LogP contribution in [0.1, 0.15) is 18.4 Å². The number of ether oxygens (including phenoxy) is 2. The Kier molecular flexibility index (Phi) is 5.43. The van der Waals surface area contributed by atoms with Crippen molar-refractivity contribution in [1.82, 2.24) is 4.90 Å². The molecular formula is C15H20BrNO3. The fourth-order valence-corrected chi connectivity index (χ4v) is 2.97. The van der Waals surface area contributed by atoms with Gasteiger partial charge in [0.2, 0.25) is 0 Å². The second kappa shape index (κ2) is 7.09. The molecule has 4 nitrogen and oxygen atoms in total. The smallest absolute Gasteiger partial charge is 0.309 e. The average Bonchev–Trinajstić information content (AvgIpc) is 2.49. The highest BCUT2D eigenvalue weighted by molar-refractivity contribution is 9.10. The highest BCUT2D eigenvalue weighted by Gasteiger charge is 2.26. The molecule has 0 N–H and O–H groups in total. The standard InChI is InChI=1S/C15H20BrNO3/c1-19-13-5-6-14(16)12(8-13)10-17-7-3-4-11(9-17)15(18)20-2/h5-6,8,11H,3-4,7,9-10H2,1-2H3/t11-/m0/s1. The number of piperidine rings is 1. The molecule has 5 heteroatoms. The summed E-state index contributed by atoms with van der Waals surface area (Å²) in [6.07, 6.45) is 1.95. The third kappa shape index (κ3) is 3.73. The molecule has 0 spiro atoms. The molecule has 20 heavy (non-hydrogen) atoms. The second-order valence-corrected chi connectivity index (χ2v) is 5.91. The zero-order chi connectivity index (χ0) is 14.5. The van der Waals surface area contributed by atoms with Crippen molar-refractivity contribution in [1.29, 1.82) is 0 Å². The van der Waals surface area contributed by atoms with Gasteiger partial charge < -0.3 is 9.47 Å². The van der Waals surface area contributed by atoms with Crippen LogP contribution in [0.2, 0.25) is 0 Å². The number of esters is 1. The van der Waals surface area contributed by atoms with Gasteiger partial charge in [0.15, 0.2) is 0 Å². The summed E-state index contributed by atoms with van der Waals surface area (Å²) < 4.78 is 11.2. The number of halogens is 1. The average molecular weight is 342 g/mol. The molecular weight excluding hydrogens is 322 g/mol. The summed E-state index contributed by atoms with van der Waals surface area (Å²) in [5, 5.41) is 0.